The minimum Gasteiger partial charge on any atom is -0.481 e. The van der Waals surface area contributed by atoms with Gasteiger partial charge in [0.15, 0.2) is 0 Å². The number of carbonyl (C=O) groups excluding carboxylic acids is 1. The number of hydrogen-bond acceptors (Lipinski definition) is 3. The quantitative estimate of drug-likeness (QED) is 0.463. The molecule has 2 amide bonds. The number of urea groups is 1. The van der Waals surface area contributed by atoms with Crippen LogP contribution in [0.4, 0.5) is 10.5 Å². The number of rotatable bonds is 10. The molecule has 4 N–H and O–H groups in total. The Bertz CT molecular complexity index is 790. The van der Waals surface area contributed by atoms with Gasteiger partial charge in [0.05, 0.1) is 0 Å². The second-order valence-corrected chi connectivity index (χ2v) is 6.43. The van der Waals surface area contributed by atoms with Crippen LogP contribution in [0.15, 0.2) is 54.6 Å². The second-order valence-electron chi connectivity index (χ2n) is 6.43. The number of unbranched alkanes of at least 4 members (excludes halogenated alkanes) is 2. The Kier molecular flexibility index (Phi) is 8.02. The van der Waals surface area contributed by atoms with Gasteiger partial charge >= 0.3 is 18.0 Å². The highest BCUT2D eigenvalue weighted by Gasteiger charge is 2.19. The number of carbonyl (C=O) groups is 3. The van der Waals surface area contributed by atoms with Crippen LogP contribution < -0.4 is 10.6 Å². The molecule has 148 valence electrons. The van der Waals surface area contributed by atoms with Gasteiger partial charge in [-0.25, -0.2) is 9.59 Å². The van der Waals surface area contributed by atoms with Gasteiger partial charge in [0.1, 0.15) is 6.04 Å². The SMILES string of the molecule is O=C(O)CCCCC[C@H](NC(=O)Nc1ccc(-c2ccccc2)cc1)C(=O)O. The van der Waals surface area contributed by atoms with Crippen molar-refractivity contribution in [3.63, 3.8) is 0 Å². The van der Waals surface area contributed by atoms with Gasteiger partial charge in [-0.15, -0.1) is 0 Å². The van der Waals surface area contributed by atoms with E-state index in [-0.39, 0.29) is 12.8 Å². The lowest BCUT2D eigenvalue weighted by molar-refractivity contribution is -0.139. The molecule has 28 heavy (non-hydrogen) atoms. The first-order chi connectivity index (χ1) is 13.5. The summed E-state index contributed by atoms with van der Waals surface area (Å²) in [7, 11) is 0. The van der Waals surface area contributed by atoms with Crippen molar-refractivity contribution in [1.29, 1.82) is 0 Å². The minimum absolute atomic E-state index is 0.0601. The highest BCUT2D eigenvalue weighted by Crippen LogP contribution is 2.21. The van der Waals surface area contributed by atoms with Crippen LogP contribution in [0.1, 0.15) is 32.1 Å². The summed E-state index contributed by atoms with van der Waals surface area (Å²) in [6.45, 7) is 0. The Balaban J connectivity index is 1.83. The lowest BCUT2D eigenvalue weighted by Crippen LogP contribution is -2.42. The fourth-order valence-corrected chi connectivity index (χ4v) is 2.76. The van der Waals surface area contributed by atoms with Crippen LogP contribution in [-0.4, -0.2) is 34.2 Å². The smallest absolute Gasteiger partial charge is 0.326 e. The van der Waals surface area contributed by atoms with E-state index >= 15 is 0 Å². The predicted octanol–water partition coefficient (Wildman–Crippen LogP) is 3.96. The Hall–Kier alpha value is -3.35. The van der Waals surface area contributed by atoms with Gasteiger partial charge in [0.2, 0.25) is 0 Å². The number of aliphatic carboxylic acids is 2. The highest BCUT2D eigenvalue weighted by molar-refractivity contribution is 5.92. The zero-order valence-electron chi connectivity index (χ0n) is 15.4. The molecule has 1 atom stereocenters. The molecule has 2 aromatic rings. The van der Waals surface area contributed by atoms with Crippen molar-refractivity contribution in [2.24, 2.45) is 0 Å². The number of hydrogen-bond donors (Lipinski definition) is 4. The molecule has 0 aliphatic heterocycles. The van der Waals surface area contributed by atoms with Crippen molar-refractivity contribution in [3.8, 4) is 11.1 Å². The van der Waals surface area contributed by atoms with E-state index in [2.05, 4.69) is 10.6 Å². The summed E-state index contributed by atoms with van der Waals surface area (Å²) < 4.78 is 0. The average molecular weight is 384 g/mol. The average Bonchev–Trinajstić information content (AvgIpc) is 2.67. The third-order valence-corrected chi connectivity index (χ3v) is 4.24. The number of carboxylic acid groups (broad SMARTS) is 2. The molecule has 7 nitrogen and oxygen atoms in total. The maximum absolute atomic E-state index is 12.1. The zero-order valence-corrected chi connectivity index (χ0v) is 15.4. The van der Waals surface area contributed by atoms with Crippen molar-refractivity contribution in [3.05, 3.63) is 54.6 Å². The maximum Gasteiger partial charge on any atom is 0.326 e. The molecule has 0 aliphatic carbocycles. The molecule has 0 aliphatic rings. The Morgan fingerprint density at radius 1 is 0.821 bits per heavy atom. The molecule has 0 unspecified atom stereocenters. The van der Waals surface area contributed by atoms with Gasteiger partial charge in [0.25, 0.3) is 0 Å². The van der Waals surface area contributed by atoms with Crippen molar-refractivity contribution in [2.75, 3.05) is 5.32 Å². The van der Waals surface area contributed by atoms with Gasteiger partial charge in [-0.3, -0.25) is 4.79 Å². The Morgan fingerprint density at radius 2 is 1.46 bits per heavy atom. The third kappa shape index (κ3) is 7.11. The Morgan fingerprint density at radius 3 is 2.07 bits per heavy atom. The van der Waals surface area contributed by atoms with Crippen molar-refractivity contribution in [1.82, 2.24) is 5.32 Å². The van der Waals surface area contributed by atoms with Crippen LogP contribution >= 0.6 is 0 Å². The summed E-state index contributed by atoms with van der Waals surface area (Å²) in [6, 6.07) is 15.5. The molecule has 0 heterocycles. The molecule has 0 aromatic heterocycles. The van der Waals surface area contributed by atoms with Crippen molar-refractivity contribution in [2.45, 2.75) is 38.1 Å². The van der Waals surface area contributed by atoms with Gasteiger partial charge in [0, 0.05) is 12.1 Å². The van der Waals surface area contributed by atoms with E-state index in [9.17, 15) is 19.5 Å². The normalized spacial score (nSPS) is 11.4. The lowest BCUT2D eigenvalue weighted by atomic mass is 10.1. The summed E-state index contributed by atoms with van der Waals surface area (Å²) in [5.74, 6) is -1.99. The van der Waals surface area contributed by atoms with E-state index in [4.69, 9.17) is 5.11 Å². The van der Waals surface area contributed by atoms with Crippen LogP contribution in [0, 0.1) is 0 Å². The molecule has 7 heteroatoms. The van der Waals surface area contributed by atoms with Crippen LogP contribution in [0.3, 0.4) is 0 Å². The lowest BCUT2D eigenvalue weighted by Gasteiger charge is -2.15. The van der Waals surface area contributed by atoms with Crippen LogP contribution in [0.5, 0.6) is 0 Å². The fourth-order valence-electron chi connectivity index (χ4n) is 2.76. The van der Waals surface area contributed by atoms with E-state index in [1.165, 1.54) is 0 Å². The number of anilines is 1. The first kappa shape index (κ1) is 21.0. The summed E-state index contributed by atoms with van der Waals surface area (Å²) in [5.41, 5.74) is 2.63. The molecule has 0 spiro atoms. The van der Waals surface area contributed by atoms with Crippen LogP contribution in [0.2, 0.25) is 0 Å². The van der Waals surface area contributed by atoms with Crippen molar-refractivity contribution < 1.29 is 24.6 Å². The highest BCUT2D eigenvalue weighted by atomic mass is 16.4. The predicted molar refractivity (Wildman–Crippen MR) is 106 cm³/mol. The standard InChI is InChI=1S/C21H24N2O5/c24-19(25)10-6-2-5-9-18(20(26)27)23-21(28)22-17-13-11-16(12-14-17)15-7-3-1-4-8-15/h1,3-4,7-8,11-14,18H,2,5-6,9-10H2,(H,24,25)(H,26,27)(H2,22,23,28)/t18-/m0/s1. The second kappa shape index (κ2) is 10.7. The first-order valence-corrected chi connectivity index (χ1v) is 9.13. The molecule has 0 fully saturated rings. The number of amides is 2. The minimum atomic E-state index is -1.12. The summed E-state index contributed by atoms with van der Waals surface area (Å²) in [5, 5.41) is 22.9. The van der Waals surface area contributed by atoms with Crippen LogP contribution in [-0.2, 0) is 9.59 Å². The third-order valence-electron chi connectivity index (χ3n) is 4.24. The number of carboxylic acids is 2. The molecule has 0 bridgehead atoms. The molecule has 0 saturated heterocycles. The summed E-state index contributed by atoms with van der Waals surface area (Å²) in [4.78, 5) is 33.9. The summed E-state index contributed by atoms with van der Waals surface area (Å²) >= 11 is 0. The van der Waals surface area contributed by atoms with Crippen molar-refractivity contribution >= 4 is 23.7 Å². The monoisotopic (exact) mass is 384 g/mol. The number of nitrogens with one attached hydrogen (secondary N) is 2. The van der Waals surface area contributed by atoms with Crippen LogP contribution in [0.25, 0.3) is 11.1 Å². The van der Waals surface area contributed by atoms with E-state index in [1.54, 1.807) is 12.1 Å². The summed E-state index contributed by atoms with van der Waals surface area (Å²) in [6.07, 6.45) is 1.91. The van der Waals surface area contributed by atoms with E-state index in [1.807, 2.05) is 42.5 Å². The van der Waals surface area contributed by atoms with E-state index in [0.29, 0.717) is 24.9 Å². The van der Waals surface area contributed by atoms with E-state index in [0.717, 1.165) is 11.1 Å². The fraction of sp³-hybridized carbons (Fsp3) is 0.286. The molecule has 2 rings (SSSR count). The molecule has 0 radical (unpaired) electrons. The molecular formula is C21H24N2O5. The molecule has 2 aromatic carbocycles. The van der Waals surface area contributed by atoms with Gasteiger partial charge in [-0.1, -0.05) is 55.3 Å². The van der Waals surface area contributed by atoms with Gasteiger partial charge in [-0.05, 0) is 36.1 Å². The van der Waals surface area contributed by atoms with Gasteiger partial charge in [-0.2, -0.15) is 0 Å². The maximum atomic E-state index is 12.1. The topological polar surface area (TPSA) is 116 Å². The first-order valence-electron chi connectivity index (χ1n) is 9.13. The molecule has 0 saturated carbocycles. The van der Waals surface area contributed by atoms with Gasteiger partial charge < -0.3 is 20.8 Å². The Labute approximate surface area is 163 Å². The van der Waals surface area contributed by atoms with E-state index < -0.39 is 24.0 Å². The molecular weight excluding hydrogens is 360 g/mol. The largest absolute Gasteiger partial charge is 0.481 e. The zero-order chi connectivity index (χ0) is 20.4. The number of benzene rings is 2.